The maximum atomic E-state index is 11.9. The Morgan fingerprint density at radius 1 is 1.47 bits per heavy atom. The van der Waals surface area contributed by atoms with E-state index in [9.17, 15) is 9.59 Å². The van der Waals surface area contributed by atoms with Gasteiger partial charge in [-0.15, -0.1) is 0 Å². The quantitative estimate of drug-likeness (QED) is 0.872. The highest BCUT2D eigenvalue weighted by molar-refractivity contribution is 9.10. The number of primary amides is 1. The molecule has 0 radical (unpaired) electrons. The van der Waals surface area contributed by atoms with Gasteiger partial charge in [-0.25, -0.2) is 0 Å². The number of carbonyl (C=O) groups excluding carboxylic acids is 2. The van der Waals surface area contributed by atoms with Crippen LogP contribution in [0.1, 0.15) is 17.3 Å². The van der Waals surface area contributed by atoms with Gasteiger partial charge >= 0.3 is 0 Å². The van der Waals surface area contributed by atoms with Crippen LogP contribution in [0.2, 0.25) is 0 Å². The van der Waals surface area contributed by atoms with Gasteiger partial charge in [-0.3, -0.25) is 9.59 Å². The lowest BCUT2D eigenvalue weighted by atomic mass is 10.1. The first kappa shape index (κ1) is 13.5. The van der Waals surface area contributed by atoms with E-state index in [1.165, 1.54) is 14.0 Å². The molecule has 1 atom stereocenters. The molecule has 2 amide bonds. The average molecular weight is 301 g/mol. The Hall–Kier alpha value is -1.56. The van der Waals surface area contributed by atoms with Crippen LogP contribution in [0.4, 0.5) is 0 Å². The van der Waals surface area contributed by atoms with Crippen molar-refractivity contribution in [2.45, 2.75) is 13.0 Å². The van der Waals surface area contributed by atoms with Gasteiger partial charge in [0, 0.05) is 0 Å². The number of benzene rings is 1. The van der Waals surface area contributed by atoms with Gasteiger partial charge in [-0.1, -0.05) is 6.07 Å². The number of ether oxygens (including phenoxy) is 1. The monoisotopic (exact) mass is 300 g/mol. The van der Waals surface area contributed by atoms with Crippen LogP contribution in [0.5, 0.6) is 5.75 Å². The summed E-state index contributed by atoms with van der Waals surface area (Å²) >= 11 is 3.27. The highest BCUT2D eigenvalue weighted by Crippen LogP contribution is 2.28. The van der Waals surface area contributed by atoms with E-state index in [0.717, 1.165) is 0 Å². The summed E-state index contributed by atoms with van der Waals surface area (Å²) < 4.78 is 5.78. The van der Waals surface area contributed by atoms with Gasteiger partial charge in [0.1, 0.15) is 11.8 Å². The second-order valence-electron chi connectivity index (χ2n) is 3.42. The minimum absolute atomic E-state index is 0.343. The van der Waals surface area contributed by atoms with Crippen molar-refractivity contribution in [2.75, 3.05) is 7.11 Å². The van der Waals surface area contributed by atoms with Crippen LogP contribution in [-0.2, 0) is 4.79 Å². The van der Waals surface area contributed by atoms with Crippen molar-refractivity contribution in [1.29, 1.82) is 0 Å². The van der Waals surface area contributed by atoms with Gasteiger partial charge in [0.15, 0.2) is 0 Å². The number of methoxy groups -OCH3 is 1. The van der Waals surface area contributed by atoms with Crippen molar-refractivity contribution in [3.05, 3.63) is 28.2 Å². The standard InChI is InChI=1S/C11H13BrN2O3/c1-6(10(13)15)14-11(16)7-4-3-5-8(12)9(7)17-2/h3-6H,1-2H3,(H2,13,15)(H,14,16). The Labute approximate surface area is 107 Å². The lowest BCUT2D eigenvalue weighted by Crippen LogP contribution is -2.42. The maximum absolute atomic E-state index is 11.9. The van der Waals surface area contributed by atoms with Gasteiger partial charge in [0.2, 0.25) is 5.91 Å². The largest absolute Gasteiger partial charge is 0.495 e. The Morgan fingerprint density at radius 2 is 2.12 bits per heavy atom. The van der Waals surface area contributed by atoms with Crippen LogP contribution < -0.4 is 15.8 Å². The minimum atomic E-state index is -0.730. The number of hydrogen-bond acceptors (Lipinski definition) is 3. The number of nitrogens with one attached hydrogen (secondary N) is 1. The summed E-state index contributed by atoms with van der Waals surface area (Å²) in [5.41, 5.74) is 5.41. The molecule has 92 valence electrons. The van der Waals surface area contributed by atoms with E-state index in [1.807, 2.05) is 0 Å². The third-order valence-electron chi connectivity index (χ3n) is 2.19. The molecule has 17 heavy (non-hydrogen) atoms. The SMILES string of the molecule is COc1c(Br)cccc1C(=O)NC(C)C(N)=O. The third-order valence-corrected chi connectivity index (χ3v) is 2.81. The molecule has 1 rings (SSSR count). The summed E-state index contributed by atoms with van der Waals surface area (Å²) in [6.45, 7) is 1.52. The predicted molar refractivity (Wildman–Crippen MR) is 66.8 cm³/mol. The van der Waals surface area contributed by atoms with Crippen molar-refractivity contribution in [3.63, 3.8) is 0 Å². The Balaban J connectivity index is 2.97. The summed E-state index contributed by atoms with van der Waals surface area (Å²) in [7, 11) is 1.47. The van der Waals surface area contributed by atoms with Gasteiger partial charge in [-0.2, -0.15) is 0 Å². The molecule has 0 aliphatic heterocycles. The molecule has 5 nitrogen and oxygen atoms in total. The molecule has 0 saturated carbocycles. The summed E-state index contributed by atoms with van der Waals surface area (Å²) in [5, 5.41) is 2.48. The number of halogens is 1. The van der Waals surface area contributed by atoms with E-state index in [1.54, 1.807) is 18.2 Å². The van der Waals surface area contributed by atoms with Gasteiger partial charge in [-0.05, 0) is 35.0 Å². The molecule has 1 aromatic rings. The molecule has 0 spiro atoms. The first-order chi connectivity index (χ1) is 7.97. The maximum Gasteiger partial charge on any atom is 0.255 e. The molecular weight excluding hydrogens is 288 g/mol. The van der Waals surface area contributed by atoms with Crippen LogP contribution in [0, 0.1) is 0 Å². The molecular formula is C11H13BrN2O3. The third kappa shape index (κ3) is 3.20. The van der Waals surface area contributed by atoms with Crippen LogP contribution in [0.3, 0.4) is 0 Å². The Bertz CT molecular complexity index is 448. The zero-order valence-corrected chi connectivity index (χ0v) is 11.1. The predicted octanol–water partition coefficient (Wildman–Crippen LogP) is 1.06. The molecule has 1 unspecified atom stereocenters. The van der Waals surface area contributed by atoms with Gasteiger partial charge in [0.25, 0.3) is 5.91 Å². The number of amides is 2. The van der Waals surface area contributed by atoms with Crippen LogP contribution in [0.25, 0.3) is 0 Å². The van der Waals surface area contributed by atoms with E-state index in [0.29, 0.717) is 15.8 Å². The fourth-order valence-electron chi connectivity index (χ4n) is 1.24. The molecule has 0 heterocycles. The zero-order chi connectivity index (χ0) is 13.0. The van der Waals surface area contributed by atoms with Crippen molar-refractivity contribution in [2.24, 2.45) is 5.73 Å². The first-order valence-corrected chi connectivity index (χ1v) is 5.69. The number of nitrogens with two attached hydrogens (primary N) is 1. The fraction of sp³-hybridized carbons (Fsp3) is 0.273. The topological polar surface area (TPSA) is 81.4 Å². The van der Waals surface area contributed by atoms with Crippen molar-refractivity contribution in [1.82, 2.24) is 5.32 Å². The smallest absolute Gasteiger partial charge is 0.255 e. The summed E-state index contributed by atoms with van der Waals surface area (Å²) in [4.78, 5) is 22.7. The molecule has 6 heteroatoms. The lowest BCUT2D eigenvalue weighted by molar-refractivity contribution is -0.119. The molecule has 0 aromatic heterocycles. The van der Waals surface area contributed by atoms with Crippen molar-refractivity contribution >= 4 is 27.7 Å². The molecule has 0 aliphatic carbocycles. The van der Waals surface area contributed by atoms with Gasteiger partial charge < -0.3 is 15.8 Å². The van der Waals surface area contributed by atoms with Crippen LogP contribution in [-0.4, -0.2) is 25.0 Å². The molecule has 0 aliphatic rings. The second-order valence-corrected chi connectivity index (χ2v) is 4.27. The van der Waals surface area contributed by atoms with Crippen molar-refractivity contribution < 1.29 is 14.3 Å². The summed E-state index contributed by atoms with van der Waals surface area (Å²) in [5.74, 6) is -0.580. The highest BCUT2D eigenvalue weighted by Gasteiger charge is 2.18. The molecule has 3 N–H and O–H groups in total. The fourth-order valence-corrected chi connectivity index (χ4v) is 1.77. The molecule has 1 aromatic carbocycles. The van der Waals surface area contributed by atoms with Crippen molar-refractivity contribution in [3.8, 4) is 5.75 Å². The number of rotatable bonds is 4. The molecule has 0 saturated heterocycles. The lowest BCUT2D eigenvalue weighted by Gasteiger charge is -2.13. The van der Waals surface area contributed by atoms with Crippen LogP contribution in [0.15, 0.2) is 22.7 Å². The number of carbonyl (C=O) groups is 2. The minimum Gasteiger partial charge on any atom is -0.495 e. The molecule has 0 fully saturated rings. The highest BCUT2D eigenvalue weighted by atomic mass is 79.9. The average Bonchev–Trinajstić information content (AvgIpc) is 2.28. The summed E-state index contributed by atoms with van der Waals surface area (Å²) in [6, 6.07) is 4.34. The molecule has 0 bridgehead atoms. The number of hydrogen-bond donors (Lipinski definition) is 2. The zero-order valence-electron chi connectivity index (χ0n) is 9.49. The normalized spacial score (nSPS) is 11.7. The van der Waals surface area contributed by atoms with Gasteiger partial charge in [0.05, 0.1) is 17.1 Å². The Kier molecular flexibility index (Phi) is 4.51. The van der Waals surface area contributed by atoms with E-state index in [-0.39, 0.29) is 0 Å². The second kappa shape index (κ2) is 5.67. The van der Waals surface area contributed by atoms with E-state index >= 15 is 0 Å². The van der Waals surface area contributed by atoms with Crippen LogP contribution >= 0.6 is 15.9 Å². The first-order valence-electron chi connectivity index (χ1n) is 4.90. The summed E-state index contributed by atoms with van der Waals surface area (Å²) in [6.07, 6.45) is 0. The van der Waals surface area contributed by atoms with E-state index in [4.69, 9.17) is 10.5 Å². The Morgan fingerprint density at radius 3 is 2.65 bits per heavy atom. The van der Waals surface area contributed by atoms with E-state index < -0.39 is 17.9 Å². The number of para-hydroxylation sites is 1. The van der Waals surface area contributed by atoms with E-state index in [2.05, 4.69) is 21.2 Å².